The maximum absolute atomic E-state index is 5.93. The van der Waals surface area contributed by atoms with Gasteiger partial charge >= 0.3 is 0 Å². The number of rotatable bonds is 4. The van der Waals surface area contributed by atoms with Crippen molar-refractivity contribution in [2.24, 2.45) is 0 Å². The summed E-state index contributed by atoms with van der Waals surface area (Å²) in [5.74, 6) is 1.68. The van der Waals surface area contributed by atoms with E-state index in [-0.39, 0.29) is 0 Å². The molecule has 3 nitrogen and oxygen atoms in total. The Morgan fingerprint density at radius 3 is 2.68 bits per heavy atom. The minimum atomic E-state index is 0.384. The fourth-order valence-corrected chi connectivity index (χ4v) is 2.17. The lowest BCUT2D eigenvalue weighted by atomic mass is 10.0. The van der Waals surface area contributed by atoms with Crippen LogP contribution in [0.3, 0.4) is 0 Å². The zero-order chi connectivity index (χ0) is 13.8. The number of benzene rings is 1. The molecule has 2 aromatic rings. The summed E-state index contributed by atoms with van der Waals surface area (Å²) in [7, 11) is 0. The van der Waals surface area contributed by atoms with Crippen LogP contribution in [0.5, 0.6) is 11.6 Å². The molecule has 0 saturated heterocycles. The predicted molar refractivity (Wildman–Crippen MR) is 79.4 cm³/mol. The Morgan fingerprint density at radius 1 is 1.21 bits per heavy atom. The molecular weight excluding hydrogens is 280 g/mol. The highest BCUT2D eigenvalue weighted by molar-refractivity contribution is 7.98. The molecule has 0 unspecified atom stereocenters. The van der Waals surface area contributed by atoms with Gasteiger partial charge in [-0.1, -0.05) is 49.3 Å². The summed E-state index contributed by atoms with van der Waals surface area (Å²) in [6.07, 6.45) is 1.90. The van der Waals surface area contributed by atoms with Crippen molar-refractivity contribution < 1.29 is 4.74 Å². The number of halogens is 1. The van der Waals surface area contributed by atoms with Gasteiger partial charge in [-0.3, -0.25) is 0 Å². The lowest BCUT2D eigenvalue weighted by Crippen LogP contribution is -1.94. The topological polar surface area (TPSA) is 35.0 Å². The van der Waals surface area contributed by atoms with E-state index in [4.69, 9.17) is 16.3 Å². The van der Waals surface area contributed by atoms with Crippen LogP contribution in [0.25, 0.3) is 0 Å². The van der Waals surface area contributed by atoms with Gasteiger partial charge in [-0.05, 0) is 29.9 Å². The van der Waals surface area contributed by atoms with E-state index in [9.17, 15) is 0 Å². The molecule has 100 valence electrons. The van der Waals surface area contributed by atoms with Gasteiger partial charge in [-0.25, -0.2) is 4.98 Å². The van der Waals surface area contributed by atoms with Gasteiger partial charge in [-0.15, -0.1) is 0 Å². The third kappa shape index (κ3) is 3.85. The third-order valence-corrected chi connectivity index (χ3v) is 3.32. The molecule has 0 N–H and O–H groups in total. The number of ether oxygens (including phenoxy) is 1. The molecule has 19 heavy (non-hydrogen) atoms. The van der Waals surface area contributed by atoms with Gasteiger partial charge in [-0.2, -0.15) is 4.98 Å². The summed E-state index contributed by atoms with van der Waals surface area (Å²) in [4.78, 5) is 8.34. The van der Waals surface area contributed by atoms with E-state index in [0.29, 0.717) is 22.1 Å². The van der Waals surface area contributed by atoms with Gasteiger partial charge in [0, 0.05) is 6.07 Å². The van der Waals surface area contributed by atoms with E-state index in [1.165, 1.54) is 17.3 Å². The second-order valence-corrected chi connectivity index (χ2v) is 5.51. The molecule has 0 radical (unpaired) electrons. The molecule has 0 spiro atoms. The van der Waals surface area contributed by atoms with Crippen molar-refractivity contribution in [1.29, 1.82) is 0 Å². The number of aromatic nitrogens is 2. The zero-order valence-electron chi connectivity index (χ0n) is 11.1. The first-order chi connectivity index (χ1) is 9.08. The first-order valence-corrected chi connectivity index (χ1v) is 7.55. The van der Waals surface area contributed by atoms with E-state index in [1.807, 2.05) is 24.5 Å². The Hall–Kier alpha value is -1.26. The second kappa shape index (κ2) is 6.26. The minimum absolute atomic E-state index is 0.384. The maximum Gasteiger partial charge on any atom is 0.224 e. The molecule has 1 heterocycles. The van der Waals surface area contributed by atoms with E-state index in [0.717, 1.165) is 5.75 Å². The number of thioether (sulfide) groups is 1. The van der Waals surface area contributed by atoms with Gasteiger partial charge in [0.1, 0.15) is 10.9 Å². The molecule has 0 aliphatic rings. The summed E-state index contributed by atoms with van der Waals surface area (Å²) in [6.45, 7) is 4.29. The molecule has 2 rings (SSSR count). The monoisotopic (exact) mass is 294 g/mol. The van der Waals surface area contributed by atoms with E-state index in [2.05, 4.69) is 29.9 Å². The molecule has 0 saturated carbocycles. The Kier molecular flexibility index (Phi) is 4.66. The quantitative estimate of drug-likeness (QED) is 0.462. The van der Waals surface area contributed by atoms with Gasteiger partial charge in [0.2, 0.25) is 5.88 Å². The summed E-state index contributed by atoms with van der Waals surface area (Å²) in [5.41, 5.74) is 1.22. The van der Waals surface area contributed by atoms with Gasteiger partial charge < -0.3 is 4.74 Å². The summed E-state index contributed by atoms with van der Waals surface area (Å²) < 4.78 is 5.74. The van der Waals surface area contributed by atoms with Gasteiger partial charge in [0.15, 0.2) is 5.16 Å². The summed E-state index contributed by atoms with van der Waals surface area (Å²) in [5, 5.41) is 0.983. The van der Waals surface area contributed by atoms with Crippen molar-refractivity contribution in [3.63, 3.8) is 0 Å². The fraction of sp³-hybridized carbons (Fsp3) is 0.286. The Bertz CT molecular complexity index is 575. The van der Waals surface area contributed by atoms with Crippen molar-refractivity contribution >= 4 is 23.4 Å². The Morgan fingerprint density at radius 2 is 2.00 bits per heavy atom. The number of hydrogen-bond donors (Lipinski definition) is 0. The second-order valence-electron chi connectivity index (χ2n) is 4.34. The predicted octanol–water partition coefficient (Wildman–Crippen LogP) is 4.77. The minimum Gasteiger partial charge on any atom is -0.439 e. The van der Waals surface area contributed by atoms with Crippen molar-refractivity contribution in [3.05, 3.63) is 41.0 Å². The molecule has 1 aromatic heterocycles. The molecule has 0 amide bonds. The van der Waals surface area contributed by atoms with Gasteiger partial charge in [0.25, 0.3) is 0 Å². The van der Waals surface area contributed by atoms with Crippen LogP contribution in [0.4, 0.5) is 0 Å². The van der Waals surface area contributed by atoms with Crippen LogP contribution in [0.15, 0.2) is 35.5 Å². The highest BCUT2D eigenvalue weighted by Crippen LogP contribution is 2.26. The highest BCUT2D eigenvalue weighted by atomic mass is 35.5. The largest absolute Gasteiger partial charge is 0.439 e. The number of hydrogen-bond acceptors (Lipinski definition) is 4. The smallest absolute Gasteiger partial charge is 0.224 e. The molecule has 0 fully saturated rings. The first kappa shape index (κ1) is 14.2. The first-order valence-electron chi connectivity index (χ1n) is 5.95. The van der Waals surface area contributed by atoms with Crippen molar-refractivity contribution in [1.82, 2.24) is 9.97 Å². The lowest BCUT2D eigenvalue weighted by Gasteiger charge is -2.09. The summed E-state index contributed by atoms with van der Waals surface area (Å²) in [6, 6.07) is 9.59. The van der Waals surface area contributed by atoms with Crippen molar-refractivity contribution in [3.8, 4) is 11.6 Å². The maximum atomic E-state index is 5.93. The van der Waals surface area contributed by atoms with Crippen LogP contribution in [-0.2, 0) is 0 Å². The lowest BCUT2D eigenvalue weighted by molar-refractivity contribution is 0.454. The van der Waals surface area contributed by atoms with Crippen LogP contribution >= 0.6 is 23.4 Å². The van der Waals surface area contributed by atoms with Crippen LogP contribution in [-0.4, -0.2) is 16.2 Å². The highest BCUT2D eigenvalue weighted by Gasteiger charge is 2.06. The SMILES string of the molecule is CSc1nc(Cl)cc(Oc2cccc(C(C)C)c2)n1. The zero-order valence-corrected chi connectivity index (χ0v) is 12.6. The summed E-state index contributed by atoms with van der Waals surface area (Å²) >= 11 is 7.36. The molecule has 5 heteroatoms. The van der Waals surface area contributed by atoms with E-state index in [1.54, 1.807) is 6.07 Å². The third-order valence-electron chi connectivity index (χ3n) is 2.58. The number of nitrogens with zero attached hydrogens (tertiary/aromatic N) is 2. The normalized spacial score (nSPS) is 10.8. The van der Waals surface area contributed by atoms with Crippen LogP contribution in [0.2, 0.25) is 5.15 Å². The van der Waals surface area contributed by atoms with Crippen molar-refractivity contribution in [2.45, 2.75) is 24.9 Å². The molecule has 1 aromatic carbocycles. The van der Waals surface area contributed by atoms with Crippen molar-refractivity contribution in [2.75, 3.05) is 6.26 Å². The van der Waals surface area contributed by atoms with Gasteiger partial charge in [0.05, 0.1) is 0 Å². The van der Waals surface area contributed by atoms with Crippen LogP contribution in [0.1, 0.15) is 25.3 Å². The Balaban J connectivity index is 2.25. The standard InChI is InChI=1S/C14H15ClN2OS/c1-9(2)10-5-4-6-11(7-10)18-13-8-12(15)16-14(17-13)19-3/h4-9H,1-3H3. The average molecular weight is 295 g/mol. The molecular formula is C14H15ClN2OS. The van der Waals surface area contributed by atoms with E-state index >= 15 is 0 Å². The molecule has 0 aliphatic carbocycles. The average Bonchev–Trinajstić information content (AvgIpc) is 2.38. The molecule has 0 bridgehead atoms. The van der Waals surface area contributed by atoms with Crippen LogP contribution < -0.4 is 4.74 Å². The molecule has 0 atom stereocenters. The fourth-order valence-electron chi connectivity index (χ4n) is 1.58. The molecule has 0 aliphatic heterocycles. The van der Waals surface area contributed by atoms with Crippen LogP contribution in [0, 0.1) is 0 Å². The van der Waals surface area contributed by atoms with E-state index < -0.39 is 0 Å². The Labute approximate surface area is 122 Å².